The van der Waals surface area contributed by atoms with Crippen LogP contribution < -0.4 is 0 Å². The van der Waals surface area contributed by atoms with Gasteiger partial charge in [0.25, 0.3) is 5.24 Å². The van der Waals surface area contributed by atoms with Gasteiger partial charge in [-0.1, -0.05) is 11.8 Å². The standard InChI is InChI=1S/C11H12NO3S/c1-7-3-9(4-8(2)15-7)5-12-10(13)6-16-11(12)14/h3-4H,5-6H2,1-2H3/q+1. The first-order chi connectivity index (χ1) is 7.56. The van der Waals surface area contributed by atoms with Crippen LogP contribution in [0.2, 0.25) is 0 Å². The quantitative estimate of drug-likeness (QED) is 0.742. The monoisotopic (exact) mass is 238 g/mol. The molecule has 2 rings (SSSR count). The van der Waals surface area contributed by atoms with Gasteiger partial charge in [0.1, 0.15) is 0 Å². The molecule has 0 saturated carbocycles. The molecule has 0 unspecified atom stereocenters. The van der Waals surface area contributed by atoms with Crippen LogP contribution in [-0.4, -0.2) is 21.8 Å². The van der Waals surface area contributed by atoms with Gasteiger partial charge in [-0.2, -0.15) is 0 Å². The Morgan fingerprint density at radius 2 is 1.94 bits per heavy atom. The first-order valence-corrected chi connectivity index (χ1v) is 5.92. The Morgan fingerprint density at radius 3 is 2.44 bits per heavy atom. The molecule has 1 aliphatic heterocycles. The van der Waals surface area contributed by atoms with E-state index in [9.17, 15) is 9.59 Å². The molecular weight excluding hydrogens is 226 g/mol. The van der Waals surface area contributed by atoms with Gasteiger partial charge >= 0.3 is 11.5 Å². The Kier molecular flexibility index (Phi) is 2.96. The predicted molar refractivity (Wildman–Crippen MR) is 61.0 cm³/mol. The molecule has 1 aliphatic rings. The molecule has 0 spiro atoms. The highest BCUT2D eigenvalue weighted by Crippen LogP contribution is 2.21. The van der Waals surface area contributed by atoms with E-state index in [2.05, 4.69) is 0 Å². The first-order valence-electron chi connectivity index (χ1n) is 4.93. The maximum Gasteiger partial charge on any atom is 0.326 e. The fraction of sp³-hybridized carbons (Fsp3) is 0.364. The highest BCUT2D eigenvalue weighted by molar-refractivity contribution is 8.14. The molecule has 0 atom stereocenters. The summed E-state index contributed by atoms with van der Waals surface area (Å²) in [5.74, 6) is 1.70. The Balaban J connectivity index is 2.20. The summed E-state index contributed by atoms with van der Waals surface area (Å²) in [4.78, 5) is 24.1. The predicted octanol–water partition coefficient (Wildman–Crippen LogP) is 2.37. The number of nitrogens with zero attached hydrogens (tertiary/aromatic N) is 1. The van der Waals surface area contributed by atoms with Gasteiger partial charge in [-0.15, -0.1) is 0 Å². The van der Waals surface area contributed by atoms with Crippen molar-refractivity contribution in [3.8, 4) is 0 Å². The highest BCUT2D eigenvalue weighted by Gasteiger charge is 2.30. The fourth-order valence-corrected chi connectivity index (χ4v) is 2.41. The van der Waals surface area contributed by atoms with Crippen molar-refractivity contribution < 1.29 is 14.0 Å². The molecule has 2 heterocycles. The van der Waals surface area contributed by atoms with Crippen LogP contribution in [0.4, 0.5) is 4.79 Å². The van der Waals surface area contributed by atoms with E-state index in [-0.39, 0.29) is 16.9 Å². The molecule has 1 aromatic rings. The second-order valence-electron chi connectivity index (χ2n) is 3.72. The SMILES string of the molecule is Cc1cc(CN2C(=O)CSC2=O)cc(C)[o+]1. The van der Waals surface area contributed by atoms with E-state index < -0.39 is 0 Å². The Hall–Kier alpha value is -1.36. The summed E-state index contributed by atoms with van der Waals surface area (Å²) in [6.45, 7) is 4.03. The number of amides is 2. The van der Waals surface area contributed by atoms with Crippen LogP contribution in [0.5, 0.6) is 0 Å². The largest absolute Gasteiger partial charge is 0.326 e. The average Bonchev–Trinajstić information content (AvgIpc) is 2.48. The molecule has 0 bridgehead atoms. The van der Waals surface area contributed by atoms with Crippen molar-refractivity contribution in [3.63, 3.8) is 0 Å². The van der Waals surface area contributed by atoms with Crippen molar-refractivity contribution in [3.05, 3.63) is 29.2 Å². The Bertz CT molecular complexity index is 422. The van der Waals surface area contributed by atoms with Crippen molar-refractivity contribution >= 4 is 22.9 Å². The zero-order valence-electron chi connectivity index (χ0n) is 9.15. The van der Waals surface area contributed by atoms with Crippen LogP contribution in [0.25, 0.3) is 0 Å². The summed E-state index contributed by atoms with van der Waals surface area (Å²) < 4.78 is 5.34. The van der Waals surface area contributed by atoms with E-state index >= 15 is 0 Å². The molecule has 5 heteroatoms. The molecule has 0 N–H and O–H groups in total. The summed E-state index contributed by atoms with van der Waals surface area (Å²) in [6.07, 6.45) is 0. The van der Waals surface area contributed by atoms with Crippen LogP contribution in [0.1, 0.15) is 17.1 Å². The molecule has 84 valence electrons. The van der Waals surface area contributed by atoms with Gasteiger partial charge < -0.3 is 0 Å². The van der Waals surface area contributed by atoms with Crippen molar-refractivity contribution in [2.45, 2.75) is 20.4 Å². The molecule has 0 aliphatic carbocycles. The summed E-state index contributed by atoms with van der Waals surface area (Å²) in [7, 11) is 0. The lowest BCUT2D eigenvalue weighted by molar-refractivity contribution is -0.125. The van der Waals surface area contributed by atoms with E-state index in [0.717, 1.165) is 28.8 Å². The average molecular weight is 238 g/mol. The normalized spacial score (nSPS) is 16.0. The van der Waals surface area contributed by atoms with Gasteiger partial charge in [0, 0.05) is 12.1 Å². The van der Waals surface area contributed by atoms with E-state index in [1.165, 1.54) is 4.90 Å². The van der Waals surface area contributed by atoms with Crippen LogP contribution in [-0.2, 0) is 11.3 Å². The Morgan fingerprint density at radius 1 is 1.31 bits per heavy atom. The second-order valence-corrected chi connectivity index (χ2v) is 4.65. The maximum absolute atomic E-state index is 11.4. The lowest BCUT2D eigenvalue weighted by atomic mass is 10.2. The topological polar surface area (TPSA) is 48.7 Å². The minimum Gasteiger partial charge on any atom is -0.273 e. The number of hydrogen-bond donors (Lipinski definition) is 0. The molecule has 2 amide bonds. The highest BCUT2D eigenvalue weighted by atomic mass is 32.2. The lowest BCUT2D eigenvalue weighted by Gasteiger charge is -2.11. The summed E-state index contributed by atoms with van der Waals surface area (Å²) in [5.41, 5.74) is 0.922. The fourth-order valence-electron chi connectivity index (χ4n) is 1.68. The lowest BCUT2D eigenvalue weighted by Crippen LogP contribution is -2.27. The molecular formula is C11H12NO3S+. The maximum atomic E-state index is 11.4. The number of imide groups is 1. The van der Waals surface area contributed by atoms with Gasteiger partial charge in [0.2, 0.25) is 5.91 Å². The van der Waals surface area contributed by atoms with E-state index in [1.54, 1.807) is 0 Å². The smallest absolute Gasteiger partial charge is 0.273 e. The van der Waals surface area contributed by atoms with Crippen molar-refractivity contribution in [1.82, 2.24) is 4.90 Å². The number of hydrogen-bond acceptors (Lipinski definition) is 3. The van der Waals surface area contributed by atoms with E-state index in [4.69, 9.17) is 4.42 Å². The zero-order chi connectivity index (χ0) is 11.7. The van der Waals surface area contributed by atoms with Gasteiger partial charge in [0.05, 0.1) is 26.1 Å². The molecule has 1 fully saturated rings. The van der Waals surface area contributed by atoms with Crippen LogP contribution >= 0.6 is 11.8 Å². The minimum absolute atomic E-state index is 0.119. The number of rotatable bonds is 2. The second kappa shape index (κ2) is 4.25. The van der Waals surface area contributed by atoms with Crippen molar-refractivity contribution in [2.75, 3.05) is 5.75 Å². The molecule has 4 nitrogen and oxygen atoms in total. The van der Waals surface area contributed by atoms with Gasteiger partial charge in [-0.25, -0.2) is 4.42 Å². The number of thioether (sulfide) groups is 1. The molecule has 16 heavy (non-hydrogen) atoms. The van der Waals surface area contributed by atoms with Gasteiger partial charge in [-0.05, 0) is 5.56 Å². The molecule has 1 aromatic heterocycles. The first kappa shape index (κ1) is 11.1. The van der Waals surface area contributed by atoms with Crippen LogP contribution in [0.3, 0.4) is 0 Å². The van der Waals surface area contributed by atoms with Crippen LogP contribution in [0, 0.1) is 13.8 Å². The van der Waals surface area contributed by atoms with Gasteiger partial charge in [0.15, 0.2) is 0 Å². The summed E-state index contributed by atoms with van der Waals surface area (Å²) in [5, 5.41) is -0.166. The van der Waals surface area contributed by atoms with Crippen molar-refractivity contribution in [2.24, 2.45) is 0 Å². The van der Waals surface area contributed by atoms with E-state index in [0.29, 0.717) is 6.54 Å². The summed E-state index contributed by atoms with van der Waals surface area (Å²) in [6, 6.07) is 3.69. The number of carbonyl (C=O) groups excluding carboxylic acids is 2. The number of carbonyl (C=O) groups is 2. The third-order valence-corrected chi connectivity index (χ3v) is 3.14. The third-order valence-electron chi connectivity index (χ3n) is 2.28. The third kappa shape index (κ3) is 2.24. The minimum atomic E-state index is -0.166. The number of aryl methyl sites for hydroxylation is 2. The van der Waals surface area contributed by atoms with Crippen LogP contribution in [0.15, 0.2) is 16.5 Å². The van der Waals surface area contributed by atoms with Crippen molar-refractivity contribution in [1.29, 1.82) is 0 Å². The van der Waals surface area contributed by atoms with E-state index in [1.807, 2.05) is 26.0 Å². The Labute approximate surface area is 97.6 Å². The molecule has 0 radical (unpaired) electrons. The molecule has 1 saturated heterocycles. The van der Waals surface area contributed by atoms with Gasteiger partial charge in [-0.3, -0.25) is 14.5 Å². The molecule has 0 aromatic carbocycles. The summed E-state index contributed by atoms with van der Waals surface area (Å²) >= 11 is 1.06. The zero-order valence-corrected chi connectivity index (χ0v) is 9.97.